The minimum Gasteiger partial charge on any atom is -0.325 e. The Bertz CT molecular complexity index is 370. The summed E-state index contributed by atoms with van der Waals surface area (Å²) in [6, 6.07) is 3.82. The van der Waals surface area contributed by atoms with E-state index in [1.165, 1.54) is 12.1 Å². The van der Waals surface area contributed by atoms with E-state index >= 15 is 0 Å². The Morgan fingerprint density at radius 1 is 1.67 bits per heavy atom. The lowest BCUT2D eigenvalue weighted by molar-refractivity contribution is -0.117. The standard InChI is InChI=1S/C10H12BrFN2O/c1-2-9(13)10(15)14-6-3-4-7(11)8(12)5-6/h3-5,9H,2,13H2,1H3,(H,14,15)/t9-/m1/s1. The number of nitrogens with two attached hydrogens (primary N) is 1. The SMILES string of the molecule is CC[C@@H](N)C(=O)Nc1ccc(Br)c(F)c1. The lowest BCUT2D eigenvalue weighted by Gasteiger charge is -2.10. The predicted molar refractivity (Wildman–Crippen MR) is 61.0 cm³/mol. The Hall–Kier alpha value is -0.940. The van der Waals surface area contributed by atoms with Crippen LogP contribution >= 0.6 is 15.9 Å². The molecule has 3 nitrogen and oxygen atoms in total. The van der Waals surface area contributed by atoms with Crippen molar-refractivity contribution >= 4 is 27.5 Å². The summed E-state index contributed by atoms with van der Waals surface area (Å²) in [6.07, 6.45) is 0.546. The second-order valence-electron chi connectivity index (χ2n) is 3.13. The molecule has 82 valence electrons. The van der Waals surface area contributed by atoms with Crippen LogP contribution in [0.15, 0.2) is 22.7 Å². The van der Waals surface area contributed by atoms with Gasteiger partial charge < -0.3 is 11.1 Å². The molecule has 0 bridgehead atoms. The molecule has 15 heavy (non-hydrogen) atoms. The molecule has 1 amide bonds. The van der Waals surface area contributed by atoms with Gasteiger partial charge in [-0.2, -0.15) is 0 Å². The molecule has 0 aliphatic heterocycles. The highest BCUT2D eigenvalue weighted by Gasteiger charge is 2.11. The van der Waals surface area contributed by atoms with Crippen LogP contribution in [-0.2, 0) is 4.79 Å². The molecule has 0 aromatic heterocycles. The van der Waals surface area contributed by atoms with Gasteiger partial charge in [0.2, 0.25) is 5.91 Å². The van der Waals surface area contributed by atoms with Crippen molar-refractivity contribution in [3.63, 3.8) is 0 Å². The van der Waals surface area contributed by atoms with Gasteiger partial charge in [-0.25, -0.2) is 4.39 Å². The highest BCUT2D eigenvalue weighted by molar-refractivity contribution is 9.10. The smallest absolute Gasteiger partial charge is 0.241 e. The van der Waals surface area contributed by atoms with Crippen LogP contribution in [0, 0.1) is 5.82 Å². The van der Waals surface area contributed by atoms with Crippen molar-refractivity contribution in [1.29, 1.82) is 0 Å². The molecule has 0 fully saturated rings. The quantitative estimate of drug-likeness (QED) is 0.889. The van der Waals surface area contributed by atoms with Gasteiger partial charge in [0.1, 0.15) is 5.82 Å². The Balaban J connectivity index is 2.73. The van der Waals surface area contributed by atoms with Crippen LogP contribution in [0.25, 0.3) is 0 Å². The van der Waals surface area contributed by atoms with Gasteiger partial charge >= 0.3 is 0 Å². The van der Waals surface area contributed by atoms with Crippen LogP contribution < -0.4 is 11.1 Å². The maximum atomic E-state index is 13.1. The molecule has 5 heteroatoms. The van der Waals surface area contributed by atoms with Gasteiger partial charge in [-0.05, 0) is 40.5 Å². The molecule has 1 atom stereocenters. The molecule has 3 N–H and O–H groups in total. The first-order chi connectivity index (χ1) is 7.04. The first-order valence-electron chi connectivity index (χ1n) is 4.56. The molecule has 1 aromatic carbocycles. The van der Waals surface area contributed by atoms with E-state index in [9.17, 15) is 9.18 Å². The highest BCUT2D eigenvalue weighted by atomic mass is 79.9. The molecule has 0 heterocycles. The van der Waals surface area contributed by atoms with E-state index < -0.39 is 11.9 Å². The van der Waals surface area contributed by atoms with E-state index in [4.69, 9.17) is 5.73 Å². The Morgan fingerprint density at radius 3 is 2.87 bits per heavy atom. The number of amides is 1. The van der Waals surface area contributed by atoms with Gasteiger partial charge in [0.05, 0.1) is 10.5 Å². The van der Waals surface area contributed by atoms with Gasteiger partial charge in [-0.15, -0.1) is 0 Å². The molecular weight excluding hydrogens is 263 g/mol. The maximum Gasteiger partial charge on any atom is 0.241 e. The van der Waals surface area contributed by atoms with E-state index in [2.05, 4.69) is 21.2 Å². The number of halogens is 2. The third-order valence-electron chi connectivity index (χ3n) is 1.96. The van der Waals surface area contributed by atoms with Crippen LogP contribution in [0.2, 0.25) is 0 Å². The van der Waals surface area contributed by atoms with Crippen LogP contribution in [0.1, 0.15) is 13.3 Å². The Morgan fingerprint density at radius 2 is 2.33 bits per heavy atom. The first-order valence-corrected chi connectivity index (χ1v) is 5.35. The van der Waals surface area contributed by atoms with Crippen molar-refractivity contribution < 1.29 is 9.18 Å². The third kappa shape index (κ3) is 3.28. The fourth-order valence-electron chi connectivity index (χ4n) is 0.994. The fraction of sp³-hybridized carbons (Fsp3) is 0.300. The van der Waals surface area contributed by atoms with Gasteiger partial charge in [-0.3, -0.25) is 4.79 Å². The largest absolute Gasteiger partial charge is 0.325 e. The van der Waals surface area contributed by atoms with Gasteiger partial charge in [0.15, 0.2) is 0 Å². The summed E-state index contributed by atoms with van der Waals surface area (Å²) >= 11 is 3.03. The number of anilines is 1. The number of hydrogen-bond acceptors (Lipinski definition) is 2. The van der Waals surface area contributed by atoms with Gasteiger partial charge in [0, 0.05) is 5.69 Å². The van der Waals surface area contributed by atoms with Crippen LogP contribution in [0.3, 0.4) is 0 Å². The Labute approximate surface area is 96.0 Å². The summed E-state index contributed by atoms with van der Waals surface area (Å²) in [5, 5.41) is 2.54. The number of nitrogens with one attached hydrogen (secondary N) is 1. The topological polar surface area (TPSA) is 55.1 Å². The molecular formula is C10H12BrFN2O. The van der Waals surface area contributed by atoms with E-state index in [0.29, 0.717) is 16.6 Å². The first kappa shape index (κ1) is 12.1. The van der Waals surface area contributed by atoms with E-state index in [1.54, 1.807) is 6.07 Å². The number of benzene rings is 1. The van der Waals surface area contributed by atoms with Crippen molar-refractivity contribution in [3.8, 4) is 0 Å². The van der Waals surface area contributed by atoms with Gasteiger partial charge in [-0.1, -0.05) is 6.92 Å². The summed E-state index contributed by atoms with van der Waals surface area (Å²) in [6.45, 7) is 1.81. The highest BCUT2D eigenvalue weighted by Crippen LogP contribution is 2.19. The summed E-state index contributed by atoms with van der Waals surface area (Å²) < 4.78 is 13.4. The number of hydrogen-bond donors (Lipinski definition) is 2. The summed E-state index contributed by atoms with van der Waals surface area (Å²) in [5.41, 5.74) is 5.92. The summed E-state index contributed by atoms with van der Waals surface area (Å²) in [7, 11) is 0. The zero-order valence-corrected chi connectivity index (χ0v) is 9.84. The zero-order valence-electron chi connectivity index (χ0n) is 8.26. The summed E-state index contributed by atoms with van der Waals surface area (Å²) in [4.78, 5) is 11.4. The lowest BCUT2D eigenvalue weighted by atomic mass is 10.2. The number of carbonyl (C=O) groups excluding carboxylic acids is 1. The van der Waals surface area contributed by atoms with Crippen LogP contribution in [0.5, 0.6) is 0 Å². The molecule has 1 rings (SSSR count). The molecule has 0 aliphatic rings. The van der Waals surface area contributed by atoms with E-state index in [-0.39, 0.29) is 5.91 Å². The average Bonchev–Trinajstić information content (AvgIpc) is 2.22. The minimum atomic E-state index is -0.559. The van der Waals surface area contributed by atoms with E-state index in [0.717, 1.165) is 0 Å². The normalized spacial score (nSPS) is 12.3. The van der Waals surface area contributed by atoms with Crippen molar-refractivity contribution in [3.05, 3.63) is 28.5 Å². The molecule has 0 aliphatic carbocycles. The fourth-order valence-corrected chi connectivity index (χ4v) is 1.24. The van der Waals surface area contributed by atoms with Crippen LogP contribution in [-0.4, -0.2) is 11.9 Å². The van der Waals surface area contributed by atoms with Crippen molar-refractivity contribution in [2.75, 3.05) is 5.32 Å². The maximum absolute atomic E-state index is 13.1. The van der Waals surface area contributed by atoms with E-state index in [1.807, 2.05) is 6.92 Å². The minimum absolute atomic E-state index is 0.306. The number of rotatable bonds is 3. The lowest BCUT2D eigenvalue weighted by Crippen LogP contribution is -2.34. The second kappa shape index (κ2) is 5.23. The molecule has 0 saturated heterocycles. The zero-order chi connectivity index (χ0) is 11.4. The molecule has 0 saturated carbocycles. The number of carbonyl (C=O) groups is 1. The summed E-state index contributed by atoms with van der Waals surface area (Å²) in [5.74, 6) is -0.725. The third-order valence-corrected chi connectivity index (χ3v) is 2.61. The van der Waals surface area contributed by atoms with Crippen molar-refractivity contribution in [2.24, 2.45) is 5.73 Å². The average molecular weight is 275 g/mol. The monoisotopic (exact) mass is 274 g/mol. The second-order valence-corrected chi connectivity index (χ2v) is 3.99. The van der Waals surface area contributed by atoms with Crippen LogP contribution in [0.4, 0.5) is 10.1 Å². The van der Waals surface area contributed by atoms with Crippen molar-refractivity contribution in [2.45, 2.75) is 19.4 Å². The molecule has 0 radical (unpaired) electrons. The predicted octanol–water partition coefficient (Wildman–Crippen LogP) is 2.26. The molecule has 0 unspecified atom stereocenters. The van der Waals surface area contributed by atoms with Crippen molar-refractivity contribution in [1.82, 2.24) is 0 Å². The Kier molecular flexibility index (Phi) is 4.23. The molecule has 0 spiro atoms. The molecule has 1 aromatic rings. The van der Waals surface area contributed by atoms with Gasteiger partial charge in [0.25, 0.3) is 0 Å².